The molecule has 3 aromatic rings. The van der Waals surface area contributed by atoms with Gasteiger partial charge in [0.1, 0.15) is 22.5 Å². The molecule has 0 amide bonds. The summed E-state index contributed by atoms with van der Waals surface area (Å²) in [6, 6.07) is 11.2. The molecule has 0 atom stereocenters. The maximum absolute atomic E-state index is 11.3. The molecule has 0 spiro atoms. The number of benzene rings is 2. The van der Waals surface area contributed by atoms with Crippen molar-refractivity contribution in [3.63, 3.8) is 0 Å². The highest BCUT2D eigenvalue weighted by atomic mass is 35.5. The number of nitro groups is 1. The van der Waals surface area contributed by atoms with E-state index in [1.165, 1.54) is 12.1 Å². The van der Waals surface area contributed by atoms with E-state index < -0.39 is 4.92 Å². The molecule has 0 unspecified atom stereocenters. The van der Waals surface area contributed by atoms with E-state index in [0.717, 1.165) is 0 Å². The van der Waals surface area contributed by atoms with Crippen molar-refractivity contribution in [2.24, 2.45) is 0 Å². The zero-order chi connectivity index (χ0) is 20.6. The lowest BCUT2D eigenvalue weighted by Crippen LogP contribution is -2.04. The quantitative estimate of drug-likeness (QED) is 0.400. The van der Waals surface area contributed by atoms with E-state index in [1.807, 2.05) is 6.07 Å². The Morgan fingerprint density at radius 3 is 2.46 bits per heavy atom. The Balaban J connectivity index is 2.36. The number of nitrogens with zero attached hydrogens (tertiary/aromatic N) is 3. The van der Waals surface area contributed by atoms with Crippen molar-refractivity contribution in [2.75, 3.05) is 5.73 Å². The Hall–Kier alpha value is -2.85. The van der Waals surface area contributed by atoms with E-state index in [0.29, 0.717) is 38.0 Å². The third kappa shape index (κ3) is 3.48. The highest BCUT2D eigenvalue weighted by Crippen LogP contribution is 2.40. The van der Waals surface area contributed by atoms with E-state index in [-0.39, 0.29) is 22.1 Å². The lowest BCUT2D eigenvalue weighted by Gasteiger charge is -2.16. The molecule has 0 aliphatic carbocycles. The van der Waals surface area contributed by atoms with Crippen LogP contribution in [0, 0.1) is 28.4 Å². The summed E-state index contributed by atoms with van der Waals surface area (Å²) in [5, 5.41) is 21.7. The number of anilines is 1. The maximum Gasteiger partial charge on any atom is 0.288 e. The average Bonchev–Trinajstić information content (AvgIpc) is 2.63. The zero-order valence-electron chi connectivity index (χ0n) is 14.3. The van der Waals surface area contributed by atoms with E-state index in [4.69, 9.17) is 40.5 Å². The van der Waals surface area contributed by atoms with E-state index in [1.54, 1.807) is 31.2 Å². The van der Waals surface area contributed by atoms with Gasteiger partial charge in [-0.1, -0.05) is 40.9 Å². The van der Waals surface area contributed by atoms with E-state index >= 15 is 0 Å². The molecule has 0 fully saturated rings. The number of hydrogen-bond donors (Lipinski definition) is 1. The zero-order valence-corrected chi connectivity index (χ0v) is 16.6. The van der Waals surface area contributed by atoms with Crippen LogP contribution in [0.4, 0.5) is 11.5 Å². The Labute approximate surface area is 175 Å². The van der Waals surface area contributed by atoms with Crippen LogP contribution in [-0.2, 0) is 0 Å². The second kappa shape index (κ2) is 7.64. The van der Waals surface area contributed by atoms with Gasteiger partial charge in [-0.3, -0.25) is 10.1 Å². The van der Waals surface area contributed by atoms with Gasteiger partial charge in [-0.05, 0) is 42.3 Å². The van der Waals surface area contributed by atoms with Crippen LogP contribution in [0.1, 0.15) is 11.1 Å². The fourth-order valence-corrected chi connectivity index (χ4v) is 3.60. The fraction of sp³-hybridized carbons (Fsp3) is 0.0526. The highest BCUT2D eigenvalue weighted by Gasteiger charge is 2.22. The van der Waals surface area contributed by atoms with Crippen LogP contribution in [0.2, 0.25) is 15.1 Å². The summed E-state index contributed by atoms with van der Waals surface area (Å²) in [5.74, 6) is -0.0123. The van der Waals surface area contributed by atoms with Gasteiger partial charge in [-0.2, -0.15) is 5.26 Å². The molecule has 0 bridgehead atoms. The molecular formula is C19H11Cl3N4O2. The van der Waals surface area contributed by atoms with Gasteiger partial charge in [0.2, 0.25) is 0 Å². The molecule has 2 N–H and O–H groups in total. The number of nitro benzene ring substituents is 1. The Kier molecular flexibility index (Phi) is 5.43. The van der Waals surface area contributed by atoms with Gasteiger partial charge >= 0.3 is 0 Å². The Morgan fingerprint density at radius 1 is 1.14 bits per heavy atom. The van der Waals surface area contributed by atoms with E-state index in [2.05, 4.69) is 4.98 Å². The third-order valence-corrected chi connectivity index (χ3v) is 5.07. The fourth-order valence-electron chi connectivity index (χ4n) is 2.92. The smallest absolute Gasteiger partial charge is 0.288 e. The molecule has 1 aromatic heterocycles. The summed E-state index contributed by atoms with van der Waals surface area (Å²) in [6.45, 7) is 1.74. The average molecular weight is 434 g/mol. The molecule has 3 rings (SSSR count). The molecule has 1 heterocycles. The first-order chi connectivity index (χ1) is 13.2. The van der Waals surface area contributed by atoms with Crippen molar-refractivity contribution in [1.29, 1.82) is 5.26 Å². The van der Waals surface area contributed by atoms with Gasteiger partial charge in [0, 0.05) is 22.2 Å². The van der Waals surface area contributed by atoms with Crippen molar-refractivity contribution in [2.45, 2.75) is 6.92 Å². The molecule has 0 saturated carbocycles. The number of hydrogen-bond acceptors (Lipinski definition) is 5. The van der Waals surface area contributed by atoms with Crippen LogP contribution >= 0.6 is 34.8 Å². The normalized spacial score (nSPS) is 10.5. The van der Waals surface area contributed by atoms with Crippen molar-refractivity contribution in [3.05, 3.63) is 72.7 Å². The van der Waals surface area contributed by atoms with Crippen LogP contribution in [0.3, 0.4) is 0 Å². The second-order valence-electron chi connectivity index (χ2n) is 5.88. The van der Waals surface area contributed by atoms with Gasteiger partial charge in [-0.25, -0.2) is 4.98 Å². The Morgan fingerprint density at radius 2 is 1.86 bits per heavy atom. The first-order valence-electron chi connectivity index (χ1n) is 7.84. The maximum atomic E-state index is 11.3. The predicted octanol–water partition coefficient (Wildman–Crippen LogP) is 6.05. The summed E-state index contributed by atoms with van der Waals surface area (Å²) < 4.78 is 0. The molecule has 0 aliphatic rings. The highest BCUT2D eigenvalue weighted by molar-refractivity contribution is 6.36. The van der Waals surface area contributed by atoms with Crippen molar-refractivity contribution >= 4 is 46.3 Å². The molecule has 9 heteroatoms. The first kappa shape index (κ1) is 19.9. The van der Waals surface area contributed by atoms with Gasteiger partial charge in [0.05, 0.1) is 15.6 Å². The number of halogens is 3. The number of nitrogens with two attached hydrogens (primary N) is 1. The summed E-state index contributed by atoms with van der Waals surface area (Å²) >= 11 is 18.2. The number of nitriles is 1. The van der Waals surface area contributed by atoms with Crippen LogP contribution in [0.15, 0.2) is 36.4 Å². The second-order valence-corrected chi connectivity index (χ2v) is 7.13. The molecule has 28 heavy (non-hydrogen) atoms. The topological polar surface area (TPSA) is 106 Å². The van der Waals surface area contributed by atoms with Crippen molar-refractivity contribution < 1.29 is 4.92 Å². The third-order valence-electron chi connectivity index (χ3n) is 4.20. The monoisotopic (exact) mass is 432 g/mol. The predicted molar refractivity (Wildman–Crippen MR) is 111 cm³/mol. The molecule has 140 valence electrons. The SMILES string of the molecule is Cc1c(-c2ccc(Cl)cc2Cl)nc(N)c(C#N)c1-c1ccc(Cl)c([N+](=O)[O-])c1. The molecule has 6 nitrogen and oxygen atoms in total. The summed E-state index contributed by atoms with van der Waals surface area (Å²) in [5.41, 5.74) is 8.32. The largest absolute Gasteiger partial charge is 0.383 e. The molecular weight excluding hydrogens is 423 g/mol. The van der Waals surface area contributed by atoms with Gasteiger partial charge in [0.15, 0.2) is 0 Å². The van der Waals surface area contributed by atoms with Gasteiger partial charge in [0.25, 0.3) is 5.69 Å². The van der Waals surface area contributed by atoms with Crippen LogP contribution in [0.5, 0.6) is 0 Å². The number of aromatic nitrogens is 1. The summed E-state index contributed by atoms with van der Waals surface area (Å²) in [4.78, 5) is 15.0. The summed E-state index contributed by atoms with van der Waals surface area (Å²) in [6.07, 6.45) is 0. The first-order valence-corrected chi connectivity index (χ1v) is 8.98. The van der Waals surface area contributed by atoms with E-state index in [9.17, 15) is 15.4 Å². The Bertz CT molecular complexity index is 1170. The molecule has 0 saturated heterocycles. The number of nitrogen functional groups attached to an aromatic ring is 1. The van der Waals surface area contributed by atoms with Crippen LogP contribution < -0.4 is 5.73 Å². The minimum atomic E-state index is -0.589. The summed E-state index contributed by atoms with van der Waals surface area (Å²) in [7, 11) is 0. The molecule has 0 aliphatic heterocycles. The minimum Gasteiger partial charge on any atom is -0.383 e. The lowest BCUT2D eigenvalue weighted by molar-refractivity contribution is -0.384. The van der Waals surface area contributed by atoms with Crippen LogP contribution in [0.25, 0.3) is 22.4 Å². The number of pyridine rings is 1. The standard InChI is InChI=1S/C19H11Cl3N4O2/c1-9-17(10-2-5-14(21)16(6-10)26(27)28)13(8-23)19(24)25-18(9)12-4-3-11(20)7-15(12)22/h2-7H,1H3,(H2,24,25). The minimum absolute atomic E-state index is 0.00657. The lowest BCUT2D eigenvalue weighted by atomic mass is 9.92. The molecule has 2 aromatic carbocycles. The van der Waals surface area contributed by atoms with Crippen LogP contribution in [-0.4, -0.2) is 9.91 Å². The van der Waals surface area contributed by atoms with Gasteiger partial charge < -0.3 is 5.73 Å². The van der Waals surface area contributed by atoms with Crippen molar-refractivity contribution in [3.8, 4) is 28.5 Å². The molecule has 0 radical (unpaired) electrons. The van der Waals surface area contributed by atoms with Crippen molar-refractivity contribution in [1.82, 2.24) is 4.98 Å². The van der Waals surface area contributed by atoms with Gasteiger partial charge in [-0.15, -0.1) is 0 Å². The number of rotatable bonds is 3.